The molecule has 0 saturated carbocycles. The summed E-state index contributed by atoms with van der Waals surface area (Å²) in [5.41, 5.74) is 4.43. The maximum atomic E-state index is 11.3. The molecule has 0 atom stereocenters. The largest absolute Gasteiger partial charge is 0.355 e. The van der Waals surface area contributed by atoms with E-state index in [9.17, 15) is 4.79 Å². The van der Waals surface area contributed by atoms with E-state index in [-0.39, 0.29) is 5.91 Å². The van der Waals surface area contributed by atoms with E-state index >= 15 is 0 Å². The first-order valence-electron chi connectivity index (χ1n) is 4.73. The first-order chi connectivity index (χ1) is 7.79. The van der Waals surface area contributed by atoms with Crippen LogP contribution >= 0.6 is 0 Å². The zero-order valence-electron chi connectivity index (χ0n) is 8.71. The molecule has 0 aliphatic heterocycles. The lowest BCUT2D eigenvalue weighted by Gasteiger charge is -2.05. The Morgan fingerprint density at radius 3 is 2.62 bits per heavy atom. The van der Waals surface area contributed by atoms with Crippen LogP contribution in [0.4, 0.5) is 5.69 Å². The highest BCUT2D eigenvalue weighted by Crippen LogP contribution is 2.09. The number of hydrogen-bond donors (Lipinski definition) is 2. The molecule has 0 radical (unpaired) electrons. The predicted octanol–water partition coefficient (Wildman–Crippen LogP) is 0.513. The molecule has 0 aliphatic carbocycles. The molecule has 0 bridgehead atoms. The number of amides is 1. The summed E-state index contributed by atoms with van der Waals surface area (Å²) >= 11 is 0. The van der Waals surface area contributed by atoms with Crippen LogP contribution in [-0.2, 0) is 0 Å². The molecule has 0 fully saturated rings. The minimum absolute atomic E-state index is 0.104. The zero-order valence-corrected chi connectivity index (χ0v) is 8.71. The van der Waals surface area contributed by atoms with Gasteiger partial charge in [0.25, 0.3) is 5.91 Å². The third kappa shape index (κ3) is 2.17. The lowest BCUT2D eigenvalue weighted by atomic mass is 10.2. The molecule has 1 heterocycles. The number of carbonyl (C=O) groups excluding carboxylic acids is 1. The molecule has 2 aromatic rings. The van der Waals surface area contributed by atoms with E-state index < -0.39 is 0 Å². The van der Waals surface area contributed by atoms with E-state index in [1.54, 1.807) is 37.6 Å². The van der Waals surface area contributed by atoms with E-state index in [1.165, 1.54) is 11.1 Å². The predicted molar refractivity (Wildman–Crippen MR) is 58.9 cm³/mol. The SMILES string of the molecule is CNC(=O)c1ccc(Nn2cncn2)cc1. The molecule has 0 unspecified atom stereocenters. The van der Waals surface area contributed by atoms with Gasteiger partial charge in [0.15, 0.2) is 0 Å². The van der Waals surface area contributed by atoms with Crippen molar-refractivity contribution in [1.29, 1.82) is 0 Å². The third-order valence-corrected chi connectivity index (χ3v) is 2.04. The average molecular weight is 217 g/mol. The summed E-state index contributed by atoms with van der Waals surface area (Å²) in [6, 6.07) is 7.06. The summed E-state index contributed by atoms with van der Waals surface area (Å²) < 4.78 is 0. The van der Waals surface area contributed by atoms with Gasteiger partial charge in [-0.25, -0.2) is 4.98 Å². The molecule has 2 N–H and O–H groups in total. The van der Waals surface area contributed by atoms with Crippen molar-refractivity contribution in [2.24, 2.45) is 0 Å². The molecular weight excluding hydrogens is 206 g/mol. The molecule has 0 saturated heterocycles. The van der Waals surface area contributed by atoms with Crippen LogP contribution in [0.25, 0.3) is 0 Å². The van der Waals surface area contributed by atoms with Crippen LogP contribution in [0.5, 0.6) is 0 Å². The molecular formula is C10H11N5O. The Kier molecular flexibility index (Phi) is 2.81. The van der Waals surface area contributed by atoms with Crippen molar-refractivity contribution in [3.05, 3.63) is 42.5 Å². The highest BCUT2D eigenvalue weighted by Gasteiger charge is 2.01. The number of hydrogen-bond acceptors (Lipinski definition) is 4. The van der Waals surface area contributed by atoms with Gasteiger partial charge in [0, 0.05) is 12.6 Å². The number of nitrogens with zero attached hydrogens (tertiary/aromatic N) is 3. The third-order valence-electron chi connectivity index (χ3n) is 2.04. The Balaban J connectivity index is 2.10. The lowest BCUT2D eigenvalue weighted by molar-refractivity contribution is 0.0963. The highest BCUT2D eigenvalue weighted by molar-refractivity contribution is 5.94. The Morgan fingerprint density at radius 1 is 1.31 bits per heavy atom. The average Bonchev–Trinajstić information content (AvgIpc) is 2.82. The molecule has 1 amide bonds. The summed E-state index contributed by atoms with van der Waals surface area (Å²) in [6.45, 7) is 0. The standard InChI is InChI=1S/C10H11N5O/c1-11-10(16)8-2-4-9(5-3-8)14-15-7-12-6-13-15/h2-7,14H,1H3,(H,11,16). The van der Waals surface area contributed by atoms with Crippen molar-refractivity contribution in [3.8, 4) is 0 Å². The van der Waals surface area contributed by atoms with E-state index in [4.69, 9.17) is 0 Å². The minimum Gasteiger partial charge on any atom is -0.355 e. The number of anilines is 1. The zero-order chi connectivity index (χ0) is 11.4. The molecule has 6 nitrogen and oxygen atoms in total. The first kappa shape index (κ1) is 10.2. The van der Waals surface area contributed by atoms with Crippen molar-refractivity contribution in [2.45, 2.75) is 0 Å². The van der Waals surface area contributed by atoms with Crippen molar-refractivity contribution in [1.82, 2.24) is 20.2 Å². The topological polar surface area (TPSA) is 71.8 Å². The molecule has 1 aromatic heterocycles. The number of nitrogens with one attached hydrogen (secondary N) is 2. The fourth-order valence-corrected chi connectivity index (χ4v) is 1.24. The summed E-state index contributed by atoms with van der Waals surface area (Å²) in [4.78, 5) is 16.6. The van der Waals surface area contributed by atoms with Gasteiger partial charge in [-0.15, -0.1) is 5.10 Å². The van der Waals surface area contributed by atoms with E-state index in [2.05, 4.69) is 20.8 Å². The second kappa shape index (κ2) is 4.43. The molecule has 0 spiro atoms. The minimum atomic E-state index is -0.104. The lowest BCUT2D eigenvalue weighted by Crippen LogP contribution is -2.17. The van der Waals surface area contributed by atoms with Crippen LogP contribution in [0, 0.1) is 0 Å². The molecule has 1 aromatic carbocycles. The van der Waals surface area contributed by atoms with Gasteiger partial charge in [0.2, 0.25) is 0 Å². The van der Waals surface area contributed by atoms with E-state index in [0.717, 1.165) is 5.69 Å². The molecule has 16 heavy (non-hydrogen) atoms. The normalized spacial score (nSPS) is 9.81. The van der Waals surface area contributed by atoms with Crippen molar-refractivity contribution >= 4 is 11.6 Å². The van der Waals surface area contributed by atoms with Gasteiger partial charge in [0.1, 0.15) is 12.7 Å². The van der Waals surface area contributed by atoms with Crippen molar-refractivity contribution in [2.75, 3.05) is 12.5 Å². The maximum absolute atomic E-state index is 11.3. The fraction of sp³-hybridized carbons (Fsp3) is 0.100. The molecule has 0 aliphatic rings. The summed E-state index contributed by atoms with van der Waals surface area (Å²) in [5.74, 6) is -0.104. The van der Waals surface area contributed by atoms with Crippen LogP contribution in [-0.4, -0.2) is 27.8 Å². The van der Waals surface area contributed by atoms with Crippen LogP contribution in [0.1, 0.15) is 10.4 Å². The second-order valence-electron chi connectivity index (χ2n) is 3.11. The van der Waals surface area contributed by atoms with Crippen molar-refractivity contribution in [3.63, 3.8) is 0 Å². The highest BCUT2D eigenvalue weighted by atomic mass is 16.1. The van der Waals surface area contributed by atoms with Crippen LogP contribution < -0.4 is 10.7 Å². The van der Waals surface area contributed by atoms with Gasteiger partial charge in [-0.3, -0.25) is 10.2 Å². The molecule has 2 rings (SSSR count). The van der Waals surface area contributed by atoms with Gasteiger partial charge >= 0.3 is 0 Å². The fourth-order valence-electron chi connectivity index (χ4n) is 1.24. The molecule has 82 valence electrons. The van der Waals surface area contributed by atoms with Gasteiger partial charge < -0.3 is 5.32 Å². The summed E-state index contributed by atoms with van der Waals surface area (Å²) in [7, 11) is 1.60. The Bertz CT molecular complexity index is 462. The molecule has 6 heteroatoms. The van der Waals surface area contributed by atoms with Gasteiger partial charge in [-0.1, -0.05) is 0 Å². The van der Waals surface area contributed by atoms with Gasteiger partial charge in [-0.05, 0) is 24.3 Å². The number of benzene rings is 1. The first-order valence-corrected chi connectivity index (χ1v) is 4.73. The quantitative estimate of drug-likeness (QED) is 0.786. The Hall–Kier alpha value is -2.37. The van der Waals surface area contributed by atoms with Gasteiger partial charge in [0.05, 0.1) is 5.69 Å². The summed E-state index contributed by atoms with van der Waals surface area (Å²) in [6.07, 6.45) is 2.98. The second-order valence-corrected chi connectivity index (χ2v) is 3.11. The summed E-state index contributed by atoms with van der Waals surface area (Å²) in [5, 5.41) is 6.46. The van der Waals surface area contributed by atoms with Crippen LogP contribution in [0.3, 0.4) is 0 Å². The monoisotopic (exact) mass is 217 g/mol. The maximum Gasteiger partial charge on any atom is 0.251 e. The number of carbonyl (C=O) groups is 1. The van der Waals surface area contributed by atoms with Crippen molar-refractivity contribution < 1.29 is 4.79 Å². The van der Waals surface area contributed by atoms with E-state index in [1.807, 2.05) is 0 Å². The number of aromatic nitrogens is 3. The van der Waals surface area contributed by atoms with E-state index in [0.29, 0.717) is 5.56 Å². The Morgan fingerprint density at radius 2 is 2.06 bits per heavy atom. The van der Waals surface area contributed by atoms with Crippen LogP contribution in [0.2, 0.25) is 0 Å². The van der Waals surface area contributed by atoms with Gasteiger partial charge in [-0.2, -0.15) is 4.79 Å². The van der Waals surface area contributed by atoms with Crippen LogP contribution in [0.15, 0.2) is 36.9 Å². The Labute approximate surface area is 92.3 Å². The number of rotatable bonds is 3. The smallest absolute Gasteiger partial charge is 0.251 e.